The van der Waals surface area contributed by atoms with Crippen molar-refractivity contribution in [1.82, 2.24) is 15.0 Å². The van der Waals surface area contributed by atoms with Gasteiger partial charge in [-0.1, -0.05) is 5.16 Å². The van der Waals surface area contributed by atoms with Gasteiger partial charge in [-0.15, -0.1) is 0 Å². The zero-order chi connectivity index (χ0) is 12.3. The van der Waals surface area contributed by atoms with E-state index in [0.717, 1.165) is 25.9 Å². The summed E-state index contributed by atoms with van der Waals surface area (Å²) in [5.41, 5.74) is 0. The number of carboxylic acid groups (broad SMARTS) is 1. The predicted molar refractivity (Wildman–Crippen MR) is 59.3 cm³/mol. The summed E-state index contributed by atoms with van der Waals surface area (Å²) in [4.78, 5) is 17.0. The molecule has 0 spiro atoms. The average Bonchev–Trinajstić information content (AvgIpc) is 2.66. The lowest BCUT2D eigenvalue weighted by atomic mass is 9.94. The third kappa shape index (κ3) is 3.52. The molecular formula is C11H17N3O3. The lowest BCUT2D eigenvalue weighted by Gasteiger charge is -2.30. The van der Waals surface area contributed by atoms with E-state index in [0.29, 0.717) is 24.2 Å². The second-order valence-corrected chi connectivity index (χ2v) is 4.55. The molecule has 0 atom stereocenters. The quantitative estimate of drug-likeness (QED) is 0.846. The van der Waals surface area contributed by atoms with Crippen LogP contribution in [0.3, 0.4) is 0 Å². The number of hydrogen-bond acceptors (Lipinski definition) is 5. The highest BCUT2D eigenvalue weighted by Crippen LogP contribution is 2.21. The molecule has 2 rings (SSSR count). The van der Waals surface area contributed by atoms with Crippen molar-refractivity contribution in [2.75, 3.05) is 13.1 Å². The van der Waals surface area contributed by atoms with Crippen LogP contribution < -0.4 is 0 Å². The minimum Gasteiger partial charge on any atom is -0.481 e. The number of carboxylic acids is 1. The van der Waals surface area contributed by atoms with Crippen LogP contribution in [0.1, 0.15) is 31.0 Å². The molecule has 0 radical (unpaired) electrons. The molecule has 2 heterocycles. The van der Waals surface area contributed by atoms with Gasteiger partial charge in [0.2, 0.25) is 5.89 Å². The van der Waals surface area contributed by atoms with Gasteiger partial charge >= 0.3 is 5.97 Å². The van der Waals surface area contributed by atoms with E-state index in [2.05, 4.69) is 15.0 Å². The molecule has 0 aliphatic carbocycles. The smallest absolute Gasteiger partial charge is 0.303 e. The average molecular weight is 239 g/mol. The molecule has 1 saturated heterocycles. The summed E-state index contributed by atoms with van der Waals surface area (Å²) in [6.07, 6.45) is 2.15. The highest BCUT2D eigenvalue weighted by atomic mass is 16.5. The summed E-state index contributed by atoms with van der Waals surface area (Å²) >= 11 is 0. The van der Waals surface area contributed by atoms with E-state index in [-0.39, 0.29) is 6.42 Å². The number of piperidine rings is 1. The molecule has 0 aromatic carbocycles. The molecule has 0 unspecified atom stereocenters. The van der Waals surface area contributed by atoms with Gasteiger partial charge in [-0.25, -0.2) is 0 Å². The zero-order valence-corrected chi connectivity index (χ0v) is 9.93. The molecule has 17 heavy (non-hydrogen) atoms. The van der Waals surface area contributed by atoms with Gasteiger partial charge in [-0.2, -0.15) is 4.98 Å². The maximum Gasteiger partial charge on any atom is 0.303 e. The number of carbonyl (C=O) groups is 1. The molecule has 1 fully saturated rings. The summed E-state index contributed by atoms with van der Waals surface area (Å²) in [7, 11) is 0. The molecular weight excluding hydrogens is 222 g/mol. The van der Waals surface area contributed by atoms with E-state index < -0.39 is 5.97 Å². The molecule has 1 aromatic heterocycles. The van der Waals surface area contributed by atoms with Crippen LogP contribution >= 0.6 is 0 Å². The van der Waals surface area contributed by atoms with Gasteiger partial charge in [0.25, 0.3) is 0 Å². The van der Waals surface area contributed by atoms with Gasteiger partial charge in [-0.3, -0.25) is 9.69 Å². The molecule has 6 nitrogen and oxygen atoms in total. The number of aryl methyl sites for hydroxylation is 1. The lowest BCUT2D eigenvalue weighted by molar-refractivity contribution is -0.138. The second-order valence-electron chi connectivity index (χ2n) is 4.55. The van der Waals surface area contributed by atoms with E-state index in [1.165, 1.54) is 0 Å². The van der Waals surface area contributed by atoms with Crippen molar-refractivity contribution < 1.29 is 14.4 Å². The van der Waals surface area contributed by atoms with Crippen LogP contribution in [-0.4, -0.2) is 39.2 Å². The SMILES string of the molecule is Cc1noc(CN2CCC(CC(=O)O)CC2)n1. The predicted octanol–water partition coefficient (Wildman–Crippen LogP) is 1.06. The van der Waals surface area contributed by atoms with E-state index >= 15 is 0 Å². The maximum absolute atomic E-state index is 10.6. The van der Waals surface area contributed by atoms with Gasteiger partial charge in [0.15, 0.2) is 5.82 Å². The Morgan fingerprint density at radius 2 is 2.24 bits per heavy atom. The standard InChI is InChI=1S/C11H17N3O3/c1-8-12-10(17-13-8)7-14-4-2-9(3-5-14)6-11(15)16/h9H,2-7H2,1H3,(H,15,16). The van der Waals surface area contributed by atoms with Crippen molar-refractivity contribution in [3.63, 3.8) is 0 Å². The highest BCUT2D eigenvalue weighted by Gasteiger charge is 2.22. The Labute approximate surface area is 99.6 Å². The fourth-order valence-corrected chi connectivity index (χ4v) is 2.19. The van der Waals surface area contributed by atoms with Crippen LogP contribution in [0.25, 0.3) is 0 Å². The van der Waals surface area contributed by atoms with Crippen LogP contribution in [0.4, 0.5) is 0 Å². The van der Waals surface area contributed by atoms with Crippen molar-refractivity contribution in [3.05, 3.63) is 11.7 Å². The number of hydrogen-bond donors (Lipinski definition) is 1. The van der Waals surface area contributed by atoms with E-state index in [9.17, 15) is 4.79 Å². The summed E-state index contributed by atoms with van der Waals surface area (Å²) < 4.78 is 5.06. The van der Waals surface area contributed by atoms with Crippen molar-refractivity contribution >= 4 is 5.97 Å². The Bertz CT molecular complexity index is 383. The Morgan fingerprint density at radius 3 is 2.76 bits per heavy atom. The number of rotatable bonds is 4. The Kier molecular flexibility index (Phi) is 3.73. The monoisotopic (exact) mass is 239 g/mol. The molecule has 0 bridgehead atoms. The summed E-state index contributed by atoms with van der Waals surface area (Å²) in [6.45, 7) is 4.27. The van der Waals surface area contributed by atoms with Gasteiger partial charge < -0.3 is 9.63 Å². The van der Waals surface area contributed by atoms with Gasteiger partial charge in [0, 0.05) is 6.42 Å². The van der Waals surface area contributed by atoms with Crippen LogP contribution in [0, 0.1) is 12.8 Å². The van der Waals surface area contributed by atoms with Gasteiger partial charge in [-0.05, 0) is 38.8 Å². The number of nitrogens with zero attached hydrogens (tertiary/aromatic N) is 3. The molecule has 1 aliphatic rings. The van der Waals surface area contributed by atoms with Crippen molar-refractivity contribution in [2.45, 2.75) is 32.7 Å². The lowest BCUT2D eigenvalue weighted by Crippen LogP contribution is -2.34. The largest absolute Gasteiger partial charge is 0.481 e. The Hall–Kier alpha value is -1.43. The Balaban J connectivity index is 1.77. The van der Waals surface area contributed by atoms with Crippen LogP contribution in [0.15, 0.2) is 4.52 Å². The third-order valence-corrected chi connectivity index (χ3v) is 3.10. The summed E-state index contributed by atoms with van der Waals surface area (Å²) in [5, 5.41) is 12.5. The van der Waals surface area contributed by atoms with Crippen molar-refractivity contribution in [1.29, 1.82) is 0 Å². The minimum absolute atomic E-state index is 0.285. The number of likely N-dealkylation sites (tertiary alicyclic amines) is 1. The number of aliphatic carboxylic acids is 1. The topological polar surface area (TPSA) is 79.5 Å². The van der Waals surface area contributed by atoms with Crippen LogP contribution in [0.5, 0.6) is 0 Å². The third-order valence-electron chi connectivity index (χ3n) is 3.10. The van der Waals surface area contributed by atoms with Crippen molar-refractivity contribution in [3.8, 4) is 0 Å². The maximum atomic E-state index is 10.6. The summed E-state index contributed by atoms with van der Waals surface area (Å²) in [5.74, 6) is 0.907. The van der Waals surface area contributed by atoms with Crippen molar-refractivity contribution in [2.24, 2.45) is 5.92 Å². The molecule has 1 aromatic rings. The fraction of sp³-hybridized carbons (Fsp3) is 0.727. The first kappa shape index (κ1) is 12.0. The zero-order valence-electron chi connectivity index (χ0n) is 9.93. The fourth-order valence-electron chi connectivity index (χ4n) is 2.19. The molecule has 0 saturated carbocycles. The van der Waals surface area contributed by atoms with Gasteiger partial charge in [0.05, 0.1) is 6.54 Å². The second kappa shape index (κ2) is 5.27. The first-order chi connectivity index (χ1) is 8.13. The van der Waals surface area contributed by atoms with E-state index in [1.54, 1.807) is 6.92 Å². The molecule has 94 valence electrons. The minimum atomic E-state index is -0.698. The normalized spacial score (nSPS) is 18.4. The van der Waals surface area contributed by atoms with Crippen LogP contribution in [-0.2, 0) is 11.3 Å². The Morgan fingerprint density at radius 1 is 1.53 bits per heavy atom. The van der Waals surface area contributed by atoms with E-state index in [4.69, 9.17) is 9.63 Å². The molecule has 1 N–H and O–H groups in total. The highest BCUT2D eigenvalue weighted by molar-refractivity contribution is 5.67. The van der Waals surface area contributed by atoms with Gasteiger partial charge in [0.1, 0.15) is 0 Å². The first-order valence-electron chi connectivity index (χ1n) is 5.87. The van der Waals surface area contributed by atoms with Crippen LogP contribution in [0.2, 0.25) is 0 Å². The molecule has 1 aliphatic heterocycles. The molecule has 6 heteroatoms. The molecule has 0 amide bonds. The van der Waals surface area contributed by atoms with E-state index in [1.807, 2.05) is 0 Å². The first-order valence-corrected chi connectivity index (χ1v) is 5.87. The summed E-state index contributed by atoms with van der Waals surface area (Å²) in [6, 6.07) is 0. The number of aromatic nitrogens is 2.